The lowest BCUT2D eigenvalue weighted by Crippen LogP contribution is -2.36. The smallest absolute Gasteiger partial charge is 0.202 e. The van der Waals surface area contributed by atoms with Crippen molar-refractivity contribution in [1.82, 2.24) is 0 Å². The molecule has 0 spiro atoms. The fourth-order valence-electron chi connectivity index (χ4n) is 4.53. The number of rotatable bonds is 4. The Bertz CT molecular complexity index is 1120. The number of aromatic hydroxyl groups is 2. The van der Waals surface area contributed by atoms with Gasteiger partial charge in [-0.1, -0.05) is 19.1 Å². The predicted molar refractivity (Wildman–Crippen MR) is 113 cm³/mol. The van der Waals surface area contributed by atoms with E-state index in [2.05, 4.69) is 0 Å². The molecule has 0 aliphatic heterocycles. The second-order valence-electron chi connectivity index (χ2n) is 8.04. The van der Waals surface area contributed by atoms with Crippen molar-refractivity contribution in [2.45, 2.75) is 26.2 Å². The zero-order chi connectivity index (χ0) is 21.8. The normalized spacial score (nSPS) is 19.7. The summed E-state index contributed by atoms with van der Waals surface area (Å²) in [6.07, 6.45) is 2.89. The quantitative estimate of drug-likeness (QED) is 0.617. The zero-order valence-corrected chi connectivity index (χ0v) is 17.8. The molecule has 1 unspecified atom stereocenters. The number of carbonyl (C=O) groups is 3. The van der Waals surface area contributed by atoms with Gasteiger partial charge in [0.2, 0.25) is 5.78 Å². The maximum absolute atomic E-state index is 13.3. The predicted octanol–water partition coefficient (Wildman–Crippen LogP) is 3.31. The lowest BCUT2D eigenvalue weighted by Gasteiger charge is -2.35. The SMILES string of the molecule is COc1cccc2c1C(=O)c1c(O)c3c(c(O)c1C2=O)CC(C)(C(=O)CSC)CC3. The van der Waals surface area contributed by atoms with E-state index in [0.717, 1.165) is 0 Å². The van der Waals surface area contributed by atoms with Crippen molar-refractivity contribution in [3.05, 3.63) is 51.6 Å². The maximum Gasteiger partial charge on any atom is 0.202 e. The molecule has 2 aromatic carbocycles. The molecule has 2 aliphatic rings. The van der Waals surface area contributed by atoms with Crippen LogP contribution in [-0.4, -0.2) is 46.7 Å². The number of fused-ring (bicyclic) bond motifs is 3. The second kappa shape index (κ2) is 7.16. The average molecular weight is 426 g/mol. The first kappa shape index (κ1) is 20.5. The van der Waals surface area contributed by atoms with Crippen molar-refractivity contribution in [2.24, 2.45) is 5.41 Å². The summed E-state index contributed by atoms with van der Waals surface area (Å²) in [6, 6.07) is 4.68. The third-order valence-corrected chi connectivity index (χ3v) is 6.82. The van der Waals surface area contributed by atoms with E-state index >= 15 is 0 Å². The minimum Gasteiger partial charge on any atom is -0.507 e. The molecule has 0 saturated heterocycles. The molecule has 7 heteroatoms. The fourth-order valence-corrected chi connectivity index (χ4v) is 5.14. The van der Waals surface area contributed by atoms with E-state index in [-0.39, 0.29) is 51.7 Å². The first-order valence-corrected chi connectivity index (χ1v) is 11.0. The van der Waals surface area contributed by atoms with Crippen LogP contribution in [0.5, 0.6) is 17.2 Å². The van der Waals surface area contributed by atoms with Gasteiger partial charge >= 0.3 is 0 Å². The standard InChI is InChI=1S/C23H22O6S/c1-23(15(24)10-30-3)8-7-11-13(9-23)21(27)17-18(19(11)25)22(28)16-12(20(17)26)5-4-6-14(16)29-2/h4-6,25,27H,7-10H2,1-3H3. The van der Waals surface area contributed by atoms with Crippen LogP contribution in [-0.2, 0) is 17.6 Å². The molecule has 0 bridgehead atoms. The summed E-state index contributed by atoms with van der Waals surface area (Å²) in [5.41, 5.74) is -0.0636. The maximum atomic E-state index is 13.3. The Morgan fingerprint density at radius 2 is 1.77 bits per heavy atom. The van der Waals surface area contributed by atoms with Crippen LogP contribution >= 0.6 is 11.8 Å². The fraction of sp³-hybridized carbons (Fsp3) is 0.348. The van der Waals surface area contributed by atoms with Crippen molar-refractivity contribution in [3.8, 4) is 17.2 Å². The van der Waals surface area contributed by atoms with Crippen molar-refractivity contribution in [3.63, 3.8) is 0 Å². The molecule has 0 aromatic heterocycles. The molecule has 1 atom stereocenters. The van der Waals surface area contributed by atoms with Gasteiger partial charge in [-0.25, -0.2) is 0 Å². The van der Waals surface area contributed by atoms with Gasteiger partial charge in [0.15, 0.2) is 5.78 Å². The minimum atomic E-state index is -0.697. The Labute approximate surface area is 178 Å². The molecule has 0 saturated carbocycles. The Kier molecular flexibility index (Phi) is 4.89. The van der Waals surface area contributed by atoms with Gasteiger partial charge < -0.3 is 14.9 Å². The van der Waals surface area contributed by atoms with Crippen LogP contribution in [0.2, 0.25) is 0 Å². The number of benzene rings is 2. The number of thioether (sulfide) groups is 1. The van der Waals surface area contributed by atoms with Crippen LogP contribution in [0.3, 0.4) is 0 Å². The number of methoxy groups -OCH3 is 1. The molecule has 6 nitrogen and oxygen atoms in total. The Hall–Kier alpha value is -2.80. The molecule has 30 heavy (non-hydrogen) atoms. The molecule has 2 N–H and O–H groups in total. The summed E-state index contributed by atoms with van der Waals surface area (Å²) in [6.45, 7) is 1.84. The van der Waals surface area contributed by atoms with Crippen LogP contribution in [0.15, 0.2) is 18.2 Å². The summed E-state index contributed by atoms with van der Waals surface area (Å²) in [5.74, 6) is -1.04. The highest BCUT2D eigenvalue weighted by molar-refractivity contribution is 7.99. The Balaban J connectivity index is 1.92. The molecule has 0 heterocycles. The molecule has 0 fully saturated rings. The topological polar surface area (TPSA) is 101 Å². The third kappa shape index (κ3) is 2.75. The Morgan fingerprint density at radius 1 is 1.10 bits per heavy atom. The van der Waals surface area contributed by atoms with Gasteiger partial charge in [0.25, 0.3) is 0 Å². The average Bonchev–Trinajstić information content (AvgIpc) is 2.74. The van der Waals surface area contributed by atoms with Gasteiger partial charge in [-0.15, -0.1) is 0 Å². The Morgan fingerprint density at radius 3 is 2.43 bits per heavy atom. The highest BCUT2D eigenvalue weighted by atomic mass is 32.2. The monoisotopic (exact) mass is 426 g/mol. The molecule has 156 valence electrons. The van der Waals surface area contributed by atoms with E-state index in [1.54, 1.807) is 12.1 Å². The van der Waals surface area contributed by atoms with E-state index < -0.39 is 17.0 Å². The molecular weight excluding hydrogens is 404 g/mol. The highest BCUT2D eigenvalue weighted by Gasteiger charge is 2.44. The van der Waals surface area contributed by atoms with Crippen LogP contribution < -0.4 is 4.74 Å². The number of ether oxygens (including phenoxy) is 1. The lowest BCUT2D eigenvalue weighted by molar-refractivity contribution is -0.125. The summed E-state index contributed by atoms with van der Waals surface area (Å²) in [7, 11) is 1.40. The van der Waals surface area contributed by atoms with E-state index in [1.807, 2.05) is 13.2 Å². The number of carbonyl (C=O) groups excluding carboxylic acids is 3. The van der Waals surface area contributed by atoms with Crippen LogP contribution in [0.25, 0.3) is 0 Å². The van der Waals surface area contributed by atoms with Gasteiger partial charge in [0.05, 0.1) is 29.6 Å². The van der Waals surface area contributed by atoms with Gasteiger partial charge in [0.1, 0.15) is 23.0 Å². The second-order valence-corrected chi connectivity index (χ2v) is 8.91. The number of phenolic OH excluding ortho intramolecular Hbond substituents is 2. The van der Waals surface area contributed by atoms with Gasteiger partial charge in [-0.05, 0) is 31.6 Å². The van der Waals surface area contributed by atoms with Crippen LogP contribution in [0.1, 0.15) is 56.3 Å². The first-order chi connectivity index (χ1) is 14.2. The molecular formula is C23H22O6S. The van der Waals surface area contributed by atoms with E-state index in [4.69, 9.17) is 4.74 Å². The summed E-state index contributed by atoms with van der Waals surface area (Å²) >= 11 is 1.44. The van der Waals surface area contributed by atoms with Crippen molar-refractivity contribution in [2.75, 3.05) is 19.1 Å². The molecule has 2 aromatic rings. The van der Waals surface area contributed by atoms with E-state index in [1.165, 1.54) is 24.9 Å². The van der Waals surface area contributed by atoms with E-state index in [0.29, 0.717) is 29.7 Å². The molecule has 0 amide bonds. The van der Waals surface area contributed by atoms with Crippen molar-refractivity contribution < 1.29 is 29.3 Å². The minimum absolute atomic E-state index is 0.0646. The van der Waals surface area contributed by atoms with Gasteiger partial charge in [-0.3, -0.25) is 14.4 Å². The summed E-state index contributed by atoms with van der Waals surface area (Å²) < 4.78 is 5.25. The number of hydrogen-bond acceptors (Lipinski definition) is 7. The number of Topliss-reactive ketones (excluding diaryl/α,β-unsaturated/α-hetero) is 1. The van der Waals surface area contributed by atoms with Crippen LogP contribution in [0, 0.1) is 5.41 Å². The lowest BCUT2D eigenvalue weighted by atomic mass is 9.68. The van der Waals surface area contributed by atoms with Crippen molar-refractivity contribution >= 4 is 29.1 Å². The third-order valence-electron chi connectivity index (χ3n) is 6.27. The van der Waals surface area contributed by atoms with Gasteiger partial charge in [0, 0.05) is 22.1 Å². The summed E-state index contributed by atoms with van der Waals surface area (Å²) in [4.78, 5) is 39.1. The first-order valence-electron chi connectivity index (χ1n) is 9.63. The van der Waals surface area contributed by atoms with Crippen LogP contribution in [0.4, 0.5) is 0 Å². The molecule has 2 aliphatic carbocycles. The zero-order valence-electron chi connectivity index (χ0n) is 17.0. The molecule has 4 rings (SSSR count). The van der Waals surface area contributed by atoms with E-state index in [9.17, 15) is 24.6 Å². The highest BCUT2D eigenvalue weighted by Crippen LogP contribution is 2.49. The number of phenols is 2. The number of hydrogen-bond donors (Lipinski definition) is 2. The van der Waals surface area contributed by atoms with Crippen molar-refractivity contribution in [1.29, 1.82) is 0 Å². The van der Waals surface area contributed by atoms with Gasteiger partial charge in [-0.2, -0.15) is 11.8 Å². The summed E-state index contributed by atoms with van der Waals surface area (Å²) in [5, 5.41) is 22.0. The largest absolute Gasteiger partial charge is 0.507 e. The number of ketones is 3. The molecule has 0 radical (unpaired) electrons.